The van der Waals surface area contributed by atoms with Gasteiger partial charge in [-0.2, -0.15) is 5.10 Å². The van der Waals surface area contributed by atoms with Gasteiger partial charge in [-0.25, -0.2) is 4.68 Å². The highest BCUT2D eigenvalue weighted by atomic mass is 35.5. The van der Waals surface area contributed by atoms with Crippen LogP contribution in [0.2, 0.25) is 5.02 Å². The van der Waals surface area contributed by atoms with Crippen LogP contribution in [0.15, 0.2) is 30.3 Å². The van der Waals surface area contributed by atoms with Crippen molar-refractivity contribution in [2.45, 2.75) is 75.5 Å². The molecule has 3 N–H and O–H groups in total. The molecule has 3 aliphatic rings. The summed E-state index contributed by atoms with van der Waals surface area (Å²) in [5, 5.41) is 14.9. The van der Waals surface area contributed by atoms with Crippen LogP contribution in [-0.4, -0.2) is 27.6 Å². The fourth-order valence-corrected chi connectivity index (χ4v) is 5.03. The van der Waals surface area contributed by atoms with Gasteiger partial charge in [0.15, 0.2) is 6.29 Å². The molecular weight excluding hydrogens is 414 g/mol. The number of rotatable bonds is 5. The number of carbonyl (C=O) groups excluding carboxylic acids is 2. The summed E-state index contributed by atoms with van der Waals surface area (Å²) in [6.45, 7) is 1.98. The molecule has 0 radical (unpaired) electrons. The molecule has 164 valence electrons. The van der Waals surface area contributed by atoms with Gasteiger partial charge in [0.25, 0.3) is 0 Å². The van der Waals surface area contributed by atoms with Crippen LogP contribution < -0.4 is 16.0 Å². The van der Waals surface area contributed by atoms with Crippen molar-refractivity contribution in [3.63, 3.8) is 0 Å². The van der Waals surface area contributed by atoms with E-state index < -0.39 is 11.7 Å². The molecule has 1 aromatic heterocycles. The molecule has 5 rings (SSSR count). The van der Waals surface area contributed by atoms with Crippen molar-refractivity contribution in [1.29, 1.82) is 0 Å². The van der Waals surface area contributed by atoms with E-state index in [2.05, 4.69) is 16.0 Å². The molecule has 2 aliphatic carbocycles. The molecule has 1 aromatic carbocycles. The van der Waals surface area contributed by atoms with Crippen LogP contribution in [0.3, 0.4) is 0 Å². The molecule has 1 aliphatic heterocycles. The van der Waals surface area contributed by atoms with Crippen molar-refractivity contribution in [3.8, 4) is 0 Å². The molecule has 1 saturated heterocycles. The number of hydrogen-bond donors (Lipinski definition) is 3. The van der Waals surface area contributed by atoms with Crippen molar-refractivity contribution < 1.29 is 9.59 Å². The lowest BCUT2D eigenvalue weighted by Gasteiger charge is -2.32. The van der Waals surface area contributed by atoms with Crippen molar-refractivity contribution in [1.82, 2.24) is 20.4 Å². The van der Waals surface area contributed by atoms with Crippen LogP contribution in [0.5, 0.6) is 0 Å². The zero-order valence-electron chi connectivity index (χ0n) is 17.7. The first-order valence-electron chi connectivity index (χ1n) is 11.2. The van der Waals surface area contributed by atoms with E-state index in [0.29, 0.717) is 23.2 Å². The number of halogens is 1. The molecule has 2 aromatic rings. The third kappa shape index (κ3) is 3.96. The largest absolute Gasteiger partial charge is 0.322 e. The van der Waals surface area contributed by atoms with Crippen molar-refractivity contribution in [3.05, 3.63) is 46.6 Å². The number of nitrogens with zero attached hydrogens (tertiary/aromatic N) is 2. The van der Waals surface area contributed by atoms with Crippen LogP contribution in [0.25, 0.3) is 0 Å². The monoisotopic (exact) mass is 441 g/mol. The van der Waals surface area contributed by atoms with E-state index in [4.69, 9.17) is 16.7 Å². The zero-order chi connectivity index (χ0) is 21.6. The molecule has 2 amide bonds. The van der Waals surface area contributed by atoms with Gasteiger partial charge < -0.3 is 10.6 Å². The van der Waals surface area contributed by atoms with E-state index in [9.17, 15) is 9.59 Å². The molecule has 2 unspecified atom stereocenters. The smallest absolute Gasteiger partial charge is 0.236 e. The Labute approximate surface area is 186 Å². The number of nitrogens with one attached hydrogen (secondary N) is 3. The summed E-state index contributed by atoms with van der Waals surface area (Å²) in [6.07, 6.45) is 5.81. The van der Waals surface area contributed by atoms with Gasteiger partial charge in [0.2, 0.25) is 11.8 Å². The molecule has 2 atom stereocenters. The highest BCUT2D eigenvalue weighted by molar-refractivity contribution is 6.30. The minimum atomic E-state index is -0.573. The SMILES string of the molecule is CC1CC(=O)NC(n2nc(C3CC3)cc2NC(=O)C2(c3ccc(Cl)cc3)CCCC2)N1. The van der Waals surface area contributed by atoms with E-state index in [-0.39, 0.29) is 17.9 Å². The summed E-state index contributed by atoms with van der Waals surface area (Å²) in [6, 6.07) is 9.62. The fourth-order valence-electron chi connectivity index (χ4n) is 4.90. The fraction of sp³-hybridized carbons (Fsp3) is 0.522. The molecule has 2 heterocycles. The predicted molar refractivity (Wildman–Crippen MR) is 119 cm³/mol. The third-order valence-corrected chi connectivity index (χ3v) is 7.01. The third-order valence-electron chi connectivity index (χ3n) is 6.76. The zero-order valence-corrected chi connectivity index (χ0v) is 18.4. The molecule has 0 spiro atoms. The lowest BCUT2D eigenvalue weighted by Crippen LogP contribution is -2.52. The molecular formula is C23H28ClN5O2. The second kappa shape index (κ2) is 7.95. The van der Waals surface area contributed by atoms with Gasteiger partial charge in [0.05, 0.1) is 11.1 Å². The molecule has 7 nitrogen and oxygen atoms in total. The second-order valence-electron chi connectivity index (χ2n) is 9.17. The van der Waals surface area contributed by atoms with E-state index >= 15 is 0 Å². The molecule has 0 bridgehead atoms. The molecule has 3 fully saturated rings. The van der Waals surface area contributed by atoms with Gasteiger partial charge in [-0.3, -0.25) is 14.9 Å². The Balaban J connectivity index is 1.46. The summed E-state index contributed by atoms with van der Waals surface area (Å²) >= 11 is 6.09. The van der Waals surface area contributed by atoms with Gasteiger partial charge in [0.1, 0.15) is 5.82 Å². The average Bonchev–Trinajstić information content (AvgIpc) is 3.30. The predicted octanol–water partition coefficient (Wildman–Crippen LogP) is 3.82. The Kier molecular flexibility index (Phi) is 5.26. The molecule has 8 heteroatoms. The van der Waals surface area contributed by atoms with E-state index in [1.165, 1.54) is 0 Å². The highest BCUT2D eigenvalue weighted by Crippen LogP contribution is 2.43. The van der Waals surface area contributed by atoms with Crippen molar-refractivity contribution in [2.24, 2.45) is 0 Å². The standard InChI is InChI=1S/C23H28ClN5O2/c1-14-12-20(30)27-22(25-14)29-19(13-18(28-29)15-4-5-15)26-21(31)23(10-2-3-11-23)16-6-8-17(24)9-7-16/h6-9,13-15,22,25H,2-5,10-12H2,1H3,(H,26,31)(H,27,30). The van der Waals surface area contributed by atoms with Crippen LogP contribution in [0.1, 0.15) is 75.3 Å². The van der Waals surface area contributed by atoms with Gasteiger partial charge in [-0.05, 0) is 50.3 Å². The van der Waals surface area contributed by atoms with Crippen LogP contribution in [0.4, 0.5) is 5.82 Å². The Morgan fingerprint density at radius 3 is 2.58 bits per heavy atom. The Morgan fingerprint density at radius 1 is 1.23 bits per heavy atom. The average molecular weight is 442 g/mol. The van der Waals surface area contributed by atoms with Gasteiger partial charge in [-0.15, -0.1) is 0 Å². The minimum absolute atomic E-state index is 0.0222. The lowest BCUT2D eigenvalue weighted by molar-refractivity contribution is -0.125. The Bertz CT molecular complexity index is 992. The normalized spacial score (nSPS) is 25.3. The van der Waals surface area contributed by atoms with Gasteiger partial charge in [0, 0.05) is 29.5 Å². The second-order valence-corrected chi connectivity index (χ2v) is 9.60. The van der Waals surface area contributed by atoms with E-state index in [1.807, 2.05) is 37.3 Å². The van der Waals surface area contributed by atoms with Crippen LogP contribution in [-0.2, 0) is 15.0 Å². The molecule has 31 heavy (non-hydrogen) atoms. The molecule has 2 saturated carbocycles. The van der Waals surface area contributed by atoms with Crippen molar-refractivity contribution in [2.75, 3.05) is 5.32 Å². The number of benzene rings is 1. The maximum atomic E-state index is 13.7. The van der Waals surface area contributed by atoms with Crippen molar-refractivity contribution >= 4 is 29.2 Å². The lowest BCUT2D eigenvalue weighted by atomic mass is 9.78. The van der Waals surface area contributed by atoms with Gasteiger partial charge in [-0.1, -0.05) is 36.6 Å². The first-order chi connectivity index (χ1) is 14.9. The minimum Gasteiger partial charge on any atom is -0.322 e. The number of anilines is 1. The number of amides is 2. The first-order valence-corrected chi connectivity index (χ1v) is 11.5. The van der Waals surface area contributed by atoms with E-state index in [0.717, 1.165) is 49.8 Å². The Hall–Kier alpha value is -2.38. The maximum absolute atomic E-state index is 13.7. The Morgan fingerprint density at radius 2 is 1.94 bits per heavy atom. The highest BCUT2D eigenvalue weighted by Gasteiger charge is 2.43. The van der Waals surface area contributed by atoms with Crippen LogP contribution >= 0.6 is 11.6 Å². The van der Waals surface area contributed by atoms with E-state index in [1.54, 1.807) is 4.68 Å². The topological polar surface area (TPSA) is 88.1 Å². The summed E-state index contributed by atoms with van der Waals surface area (Å²) in [4.78, 5) is 25.8. The van der Waals surface area contributed by atoms with Crippen LogP contribution in [0, 0.1) is 0 Å². The summed E-state index contributed by atoms with van der Waals surface area (Å²) in [5.41, 5.74) is 1.39. The first kappa shape index (κ1) is 20.5. The number of hydrogen-bond acceptors (Lipinski definition) is 4. The number of aromatic nitrogens is 2. The summed E-state index contributed by atoms with van der Waals surface area (Å²) < 4.78 is 1.73. The maximum Gasteiger partial charge on any atom is 0.236 e. The number of carbonyl (C=O) groups is 2. The summed E-state index contributed by atoms with van der Waals surface area (Å²) in [7, 11) is 0. The quantitative estimate of drug-likeness (QED) is 0.658. The van der Waals surface area contributed by atoms with Gasteiger partial charge >= 0.3 is 0 Å². The summed E-state index contributed by atoms with van der Waals surface area (Å²) in [5.74, 6) is 1.01.